The zero-order chi connectivity index (χ0) is 11.8. The number of hydrogen-bond acceptors (Lipinski definition) is 6. The summed E-state index contributed by atoms with van der Waals surface area (Å²) in [6, 6.07) is 0. The molecule has 0 spiro atoms. The number of hydrogen-bond donors (Lipinski definition) is 0. The first kappa shape index (κ1) is 12.8. The van der Waals surface area contributed by atoms with Crippen LogP contribution in [0.1, 0.15) is 19.3 Å². The summed E-state index contributed by atoms with van der Waals surface area (Å²) in [6.07, 6.45) is 1.44. The third-order valence-electron chi connectivity index (χ3n) is 2.39. The van der Waals surface area contributed by atoms with Gasteiger partial charge in [0.2, 0.25) is 0 Å². The van der Waals surface area contributed by atoms with Gasteiger partial charge < -0.3 is 18.9 Å². The van der Waals surface area contributed by atoms with Crippen LogP contribution < -0.4 is 0 Å². The van der Waals surface area contributed by atoms with Gasteiger partial charge in [-0.3, -0.25) is 4.79 Å². The molecule has 1 aliphatic rings. The average molecular weight is 232 g/mol. The summed E-state index contributed by atoms with van der Waals surface area (Å²) in [5.41, 5.74) is 0. The highest BCUT2D eigenvalue weighted by Gasteiger charge is 2.24. The number of rotatable bonds is 8. The van der Waals surface area contributed by atoms with Crippen molar-refractivity contribution in [3.05, 3.63) is 0 Å². The molecule has 16 heavy (non-hydrogen) atoms. The van der Waals surface area contributed by atoms with Crippen LogP contribution in [0, 0.1) is 0 Å². The van der Waals surface area contributed by atoms with Crippen molar-refractivity contribution in [3.8, 4) is 0 Å². The maximum absolute atomic E-state index is 10.6. The van der Waals surface area contributed by atoms with Crippen LogP contribution in [0.2, 0.25) is 0 Å². The number of methoxy groups -OCH3 is 1. The van der Waals surface area contributed by atoms with E-state index in [1.165, 1.54) is 0 Å². The molecule has 1 fully saturated rings. The first-order chi connectivity index (χ1) is 7.76. The topological polar surface area (TPSA) is 71.1 Å². The van der Waals surface area contributed by atoms with Crippen molar-refractivity contribution in [1.82, 2.24) is 0 Å². The molecular weight excluding hydrogens is 216 g/mol. The molecule has 0 N–H and O–H groups in total. The molecule has 0 bridgehead atoms. The molecule has 1 saturated heterocycles. The van der Waals surface area contributed by atoms with Crippen molar-refractivity contribution in [1.29, 1.82) is 0 Å². The average Bonchev–Trinajstić information content (AvgIpc) is 2.69. The third-order valence-corrected chi connectivity index (χ3v) is 2.39. The molecule has 1 heterocycles. The van der Waals surface area contributed by atoms with E-state index in [1.54, 1.807) is 7.11 Å². The second kappa shape index (κ2) is 7.05. The smallest absolute Gasteiger partial charge is 0.465 e. The second-order valence-electron chi connectivity index (χ2n) is 3.52. The van der Waals surface area contributed by atoms with E-state index in [9.17, 15) is 9.59 Å². The van der Waals surface area contributed by atoms with Gasteiger partial charge in [0.05, 0.1) is 6.10 Å². The first-order valence-corrected chi connectivity index (χ1v) is 5.17. The Labute approximate surface area is 93.8 Å². The fraction of sp³-hybridized carbons (Fsp3) is 0.800. The van der Waals surface area contributed by atoms with Gasteiger partial charge in [-0.25, -0.2) is 4.79 Å². The van der Waals surface area contributed by atoms with E-state index >= 15 is 0 Å². The Morgan fingerprint density at radius 3 is 3.00 bits per heavy atom. The summed E-state index contributed by atoms with van der Waals surface area (Å²) in [6.45, 7) is 0.973. The zero-order valence-electron chi connectivity index (χ0n) is 9.22. The summed E-state index contributed by atoms with van der Waals surface area (Å²) in [7, 11) is 1.57. The van der Waals surface area contributed by atoms with Gasteiger partial charge in [-0.1, -0.05) is 0 Å². The van der Waals surface area contributed by atoms with E-state index in [4.69, 9.17) is 9.47 Å². The summed E-state index contributed by atoms with van der Waals surface area (Å²) < 4.78 is 19.2. The van der Waals surface area contributed by atoms with Crippen LogP contribution in [0.3, 0.4) is 0 Å². The fourth-order valence-electron chi connectivity index (χ4n) is 1.50. The van der Waals surface area contributed by atoms with Crippen LogP contribution in [-0.2, 0) is 23.7 Å². The van der Waals surface area contributed by atoms with Crippen molar-refractivity contribution >= 4 is 12.6 Å². The van der Waals surface area contributed by atoms with E-state index < -0.39 is 6.16 Å². The van der Waals surface area contributed by atoms with Crippen LogP contribution in [-0.4, -0.2) is 45.2 Å². The number of carbonyl (C=O) groups excluding carboxylic acids is 2. The van der Waals surface area contributed by atoms with Crippen LogP contribution in [0.4, 0.5) is 4.79 Å². The lowest BCUT2D eigenvalue weighted by molar-refractivity contribution is -0.132. The Hall–Kier alpha value is -1.30. The van der Waals surface area contributed by atoms with Crippen molar-refractivity contribution in [2.75, 3.05) is 20.3 Å². The summed E-state index contributed by atoms with van der Waals surface area (Å²) in [5.74, 6) is 0. The van der Waals surface area contributed by atoms with Gasteiger partial charge >= 0.3 is 6.16 Å². The molecule has 0 aliphatic carbocycles. The highest BCUT2D eigenvalue weighted by molar-refractivity contribution is 5.61. The molecule has 0 aromatic heterocycles. The quantitative estimate of drug-likeness (QED) is 0.457. The fourth-order valence-corrected chi connectivity index (χ4v) is 1.50. The Morgan fingerprint density at radius 2 is 2.44 bits per heavy atom. The van der Waals surface area contributed by atoms with Crippen LogP contribution in [0.15, 0.2) is 0 Å². The van der Waals surface area contributed by atoms with Crippen molar-refractivity contribution in [2.45, 2.75) is 31.5 Å². The van der Waals surface area contributed by atoms with Gasteiger partial charge in [0.15, 0.2) is 0 Å². The lowest BCUT2D eigenvalue weighted by atomic mass is 10.1. The van der Waals surface area contributed by atoms with E-state index in [1.807, 2.05) is 0 Å². The van der Waals surface area contributed by atoms with Crippen molar-refractivity contribution < 1.29 is 28.5 Å². The molecule has 2 atom stereocenters. The molecule has 0 aromatic rings. The third kappa shape index (κ3) is 4.48. The van der Waals surface area contributed by atoms with Crippen LogP contribution >= 0.6 is 0 Å². The minimum Gasteiger partial charge on any atom is -0.465 e. The largest absolute Gasteiger partial charge is 0.508 e. The first-order valence-electron chi connectivity index (χ1n) is 5.17. The molecule has 0 amide bonds. The zero-order valence-corrected chi connectivity index (χ0v) is 9.22. The monoisotopic (exact) mass is 232 g/mol. The molecule has 0 radical (unpaired) electrons. The molecule has 0 saturated carbocycles. The highest BCUT2D eigenvalue weighted by atomic mass is 16.8. The Kier molecular flexibility index (Phi) is 5.63. The normalized spacial score (nSPS) is 21.1. The molecule has 6 nitrogen and oxygen atoms in total. The van der Waals surface area contributed by atoms with E-state index in [0.717, 1.165) is 19.3 Å². The summed E-state index contributed by atoms with van der Waals surface area (Å²) in [5, 5.41) is 0. The van der Waals surface area contributed by atoms with Crippen molar-refractivity contribution in [2.24, 2.45) is 0 Å². The Bertz CT molecular complexity index is 229. The predicted molar refractivity (Wildman–Crippen MR) is 52.9 cm³/mol. The molecule has 1 aliphatic heterocycles. The predicted octanol–water partition coefficient (Wildman–Crippen LogP) is 0.880. The number of cyclic esters (lactones) is 2. The standard InChI is InChI=1S/C10H16O6/c1-13-8(5-14-7-11)3-2-4-9-6-15-10(12)16-9/h7-9H,2-6H2,1H3. The number of ether oxygens (including phenoxy) is 4. The van der Waals surface area contributed by atoms with E-state index in [-0.39, 0.29) is 18.8 Å². The van der Waals surface area contributed by atoms with Crippen molar-refractivity contribution in [3.63, 3.8) is 0 Å². The Balaban J connectivity index is 2.08. The molecule has 0 aromatic carbocycles. The second-order valence-corrected chi connectivity index (χ2v) is 3.52. The molecular formula is C10H16O6. The number of carbonyl (C=O) groups is 2. The Morgan fingerprint density at radius 1 is 1.62 bits per heavy atom. The van der Waals surface area contributed by atoms with Crippen LogP contribution in [0.25, 0.3) is 0 Å². The highest BCUT2D eigenvalue weighted by Crippen LogP contribution is 2.14. The molecule has 92 valence electrons. The van der Waals surface area contributed by atoms with E-state index in [0.29, 0.717) is 13.1 Å². The minimum atomic E-state index is -0.599. The summed E-state index contributed by atoms with van der Waals surface area (Å²) >= 11 is 0. The SMILES string of the molecule is COC(CCCC1COC(=O)O1)COC=O. The molecule has 1 rings (SSSR count). The minimum absolute atomic E-state index is 0.108. The summed E-state index contributed by atoms with van der Waals surface area (Å²) in [4.78, 5) is 20.6. The lowest BCUT2D eigenvalue weighted by Crippen LogP contribution is -2.19. The van der Waals surface area contributed by atoms with Gasteiger partial charge in [-0.2, -0.15) is 0 Å². The molecule has 2 unspecified atom stereocenters. The van der Waals surface area contributed by atoms with E-state index in [2.05, 4.69) is 9.47 Å². The maximum Gasteiger partial charge on any atom is 0.508 e. The lowest BCUT2D eigenvalue weighted by Gasteiger charge is -2.14. The van der Waals surface area contributed by atoms with Gasteiger partial charge in [-0.15, -0.1) is 0 Å². The van der Waals surface area contributed by atoms with Gasteiger partial charge in [0.25, 0.3) is 6.47 Å². The maximum atomic E-state index is 10.6. The van der Waals surface area contributed by atoms with Gasteiger partial charge in [-0.05, 0) is 19.3 Å². The molecule has 6 heteroatoms. The van der Waals surface area contributed by atoms with Crippen LogP contribution in [0.5, 0.6) is 0 Å². The van der Waals surface area contributed by atoms with Gasteiger partial charge in [0, 0.05) is 7.11 Å². The van der Waals surface area contributed by atoms with Gasteiger partial charge in [0.1, 0.15) is 19.3 Å².